The number of benzene rings is 1. The molecule has 0 radical (unpaired) electrons. The molecule has 0 bridgehead atoms. The van der Waals surface area contributed by atoms with Gasteiger partial charge in [-0.3, -0.25) is 4.79 Å². The molecule has 0 atom stereocenters. The van der Waals surface area contributed by atoms with E-state index in [-0.39, 0.29) is 5.91 Å². The van der Waals surface area contributed by atoms with E-state index in [1.807, 2.05) is 11.4 Å². The summed E-state index contributed by atoms with van der Waals surface area (Å²) in [6.45, 7) is 6.77. The fourth-order valence-electron chi connectivity index (χ4n) is 3.39. The molecule has 1 aliphatic rings. The molecule has 1 fully saturated rings. The smallest absolute Gasteiger partial charge is 0.261 e. The lowest BCUT2D eigenvalue weighted by Crippen LogP contribution is -2.35. The van der Waals surface area contributed by atoms with Crippen LogP contribution in [0.3, 0.4) is 0 Å². The molecule has 3 nitrogen and oxygen atoms in total. The third-order valence-corrected chi connectivity index (χ3v) is 5.95. The van der Waals surface area contributed by atoms with Gasteiger partial charge in [0, 0.05) is 11.6 Å². The number of carbonyl (C=O) groups excluding carboxylic acids is 1. The van der Waals surface area contributed by atoms with Gasteiger partial charge in [-0.1, -0.05) is 25.3 Å². The maximum atomic E-state index is 12.4. The minimum Gasteiger partial charge on any atom is -0.489 e. The first-order valence-electron chi connectivity index (χ1n) is 9.12. The Morgan fingerprint density at radius 3 is 2.68 bits per heavy atom. The summed E-state index contributed by atoms with van der Waals surface area (Å²) in [6.07, 6.45) is 5.97. The molecule has 1 aromatic heterocycles. The molecule has 1 aromatic carbocycles. The highest BCUT2D eigenvalue weighted by Gasteiger charge is 2.18. The van der Waals surface area contributed by atoms with Crippen molar-refractivity contribution in [2.24, 2.45) is 0 Å². The van der Waals surface area contributed by atoms with E-state index < -0.39 is 0 Å². The van der Waals surface area contributed by atoms with E-state index >= 15 is 0 Å². The highest BCUT2D eigenvalue weighted by Crippen LogP contribution is 2.25. The van der Waals surface area contributed by atoms with E-state index in [0.29, 0.717) is 12.6 Å². The highest BCUT2D eigenvalue weighted by atomic mass is 32.1. The van der Waals surface area contributed by atoms with Gasteiger partial charge < -0.3 is 10.1 Å². The van der Waals surface area contributed by atoms with E-state index in [1.54, 1.807) is 0 Å². The van der Waals surface area contributed by atoms with Crippen molar-refractivity contribution < 1.29 is 9.53 Å². The Morgan fingerprint density at radius 1 is 1.16 bits per heavy atom. The molecule has 25 heavy (non-hydrogen) atoms. The monoisotopic (exact) mass is 357 g/mol. The minimum absolute atomic E-state index is 0.0609. The zero-order chi connectivity index (χ0) is 17.8. The van der Waals surface area contributed by atoms with Crippen LogP contribution in [0.2, 0.25) is 0 Å². The summed E-state index contributed by atoms with van der Waals surface area (Å²) in [4.78, 5) is 13.2. The molecule has 0 spiro atoms. The second kappa shape index (κ2) is 8.05. The highest BCUT2D eigenvalue weighted by molar-refractivity contribution is 7.12. The molecule has 0 unspecified atom stereocenters. The lowest BCUT2D eigenvalue weighted by molar-refractivity contribution is 0.0932. The Balaban J connectivity index is 1.59. The summed E-state index contributed by atoms with van der Waals surface area (Å²) < 4.78 is 6.00. The van der Waals surface area contributed by atoms with Gasteiger partial charge in [-0.25, -0.2) is 0 Å². The molecule has 3 rings (SSSR count). The number of rotatable bonds is 5. The van der Waals surface area contributed by atoms with Crippen molar-refractivity contribution in [2.75, 3.05) is 0 Å². The molecule has 1 amide bonds. The van der Waals surface area contributed by atoms with Gasteiger partial charge >= 0.3 is 0 Å². The van der Waals surface area contributed by atoms with Gasteiger partial charge in [0.25, 0.3) is 5.91 Å². The van der Waals surface area contributed by atoms with Crippen molar-refractivity contribution in [3.05, 3.63) is 50.7 Å². The molecule has 4 heteroatoms. The summed E-state index contributed by atoms with van der Waals surface area (Å²) >= 11 is 1.50. The molecular weight excluding hydrogens is 330 g/mol. The van der Waals surface area contributed by atoms with Crippen LogP contribution >= 0.6 is 11.3 Å². The first-order valence-corrected chi connectivity index (χ1v) is 10.00. The van der Waals surface area contributed by atoms with Gasteiger partial charge in [-0.15, -0.1) is 11.3 Å². The van der Waals surface area contributed by atoms with Crippen molar-refractivity contribution in [3.63, 3.8) is 0 Å². The van der Waals surface area contributed by atoms with Crippen molar-refractivity contribution in [1.29, 1.82) is 0 Å². The summed E-state index contributed by atoms with van der Waals surface area (Å²) in [7, 11) is 0. The average Bonchev–Trinajstić information content (AvgIpc) is 3.07. The molecule has 134 valence electrons. The quantitative estimate of drug-likeness (QED) is 0.787. The first kappa shape index (κ1) is 18.0. The van der Waals surface area contributed by atoms with Crippen LogP contribution in [0.25, 0.3) is 0 Å². The average molecular weight is 358 g/mol. The lowest BCUT2D eigenvalue weighted by atomic mass is 9.95. The van der Waals surface area contributed by atoms with Crippen LogP contribution in [-0.2, 0) is 6.61 Å². The first-order chi connectivity index (χ1) is 12.0. The third kappa shape index (κ3) is 4.63. The molecule has 1 aliphatic carbocycles. The summed E-state index contributed by atoms with van der Waals surface area (Å²) in [6, 6.07) is 6.55. The molecule has 2 aromatic rings. The number of thiophene rings is 1. The number of carbonyl (C=O) groups is 1. The number of amides is 1. The van der Waals surface area contributed by atoms with Gasteiger partial charge in [0.1, 0.15) is 12.4 Å². The Labute approximate surface area is 154 Å². The van der Waals surface area contributed by atoms with Crippen LogP contribution in [0.15, 0.2) is 23.6 Å². The number of nitrogens with one attached hydrogen (secondary N) is 1. The minimum atomic E-state index is 0.0609. The Bertz CT molecular complexity index is 744. The van der Waals surface area contributed by atoms with E-state index in [2.05, 4.69) is 38.2 Å². The van der Waals surface area contributed by atoms with Crippen LogP contribution in [0.5, 0.6) is 5.75 Å². The maximum absolute atomic E-state index is 12.4. The second-order valence-corrected chi connectivity index (χ2v) is 8.03. The van der Waals surface area contributed by atoms with Gasteiger partial charge in [0.05, 0.1) is 4.88 Å². The van der Waals surface area contributed by atoms with Gasteiger partial charge in [0.2, 0.25) is 0 Å². The number of hydrogen-bond acceptors (Lipinski definition) is 3. The SMILES string of the molecule is Cc1cc(C)c(C)c(OCc2csc(C(=O)NC3CCCCC3)c2)c1. The zero-order valence-corrected chi connectivity index (χ0v) is 16.2. The molecule has 0 saturated heterocycles. The molecule has 1 heterocycles. The van der Waals surface area contributed by atoms with Gasteiger partial charge in [-0.2, -0.15) is 0 Å². The third-order valence-electron chi connectivity index (χ3n) is 4.98. The fourth-order valence-corrected chi connectivity index (χ4v) is 4.19. The van der Waals surface area contributed by atoms with E-state index in [0.717, 1.165) is 29.0 Å². The van der Waals surface area contributed by atoms with Gasteiger partial charge in [0.15, 0.2) is 0 Å². The summed E-state index contributed by atoms with van der Waals surface area (Å²) in [5, 5.41) is 5.20. The van der Waals surface area contributed by atoms with Crippen molar-refractivity contribution in [2.45, 2.75) is 65.5 Å². The van der Waals surface area contributed by atoms with E-state index in [4.69, 9.17) is 4.74 Å². The Kier molecular flexibility index (Phi) is 5.79. The lowest BCUT2D eigenvalue weighted by Gasteiger charge is -2.22. The number of ether oxygens (including phenoxy) is 1. The maximum Gasteiger partial charge on any atom is 0.261 e. The normalized spacial score (nSPS) is 15.2. The Hall–Kier alpha value is -1.81. The van der Waals surface area contributed by atoms with Crippen molar-refractivity contribution >= 4 is 17.2 Å². The van der Waals surface area contributed by atoms with E-state index in [1.165, 1.54) is 47.3 Å². The molecule has 1 saturated carbocycles. The number of aryl methyl sites for hydroxylation is 2. The fraction of sp³-hybridized carbons (Fsp3) is 0.476. The van der Waals surface area contributed by atoms with Crippen LogP contribution in [0, 0.1) is 20.8 Å². The Morgan fingerprint density at radius 2 is 1.92 bits per heavy atom. The van der Waals surface area contributed by atoms with Crippen LogP contribution in [0.4, 0.5) is 0 Å². The van der Waals surface area contributed by atoms with Crippen molar-refractivity contribution in [1.82, 2.24) is 5.32 Å². The zero-order valence-electron chi connectivity index (χ0n) is 15.4. The van der Waals surface area contributed by atoms with Crippen LogP contribution in [0.1, 0.15) is 64.0 Å². The predicted octanol–water partition coefficient (Wildman–Crippen LogP) is 5.31. The summed E-state index contributed by atoms with van der Waals surface area (Å²) in [5.41, 5.74) is 4.68. The second-order valence-electron chi connectivity index (χ2n) is 7.12. The largest absolute Gasteiger partial charge is 0.489 e. The molecular formula is C21H27NO2S. The predicted molar refractivity (Wildman–Crippen MR) is 104 cm³/mol. The van der Waals surface area contributed by atoms with E-state index in [9.17, 15) is 4.79 Å². The van der Waals surface area contributed by atoms with Gasteiger partial charge in [-0.05, 0) is 67.8 Å². The number of hydrogen-bond donors (Lipinski definition) is 1. The molecule has 0 aliphatic heterocycles. The summed E-state index contributed by atoms with van der Waals surface area (Å²) in [5.74, 6) is 0.989. The standard InChI is InChI=1S/C21H27NO2S/c1-14-9-15(2)16(3)19(10-14)24-12-17-11-20(25-13-17)21(23)22-18-7-5-4-6-8-18/h9-11,13,18H,4-8,12H2,1-3H3,(H,22,23). The van der Waals surface area contributed by atoms with Crippen LogP contribution in [-0.4, -0.2) is 11.9 Å². The topological polar surface area (TPSA) is 38.3 Å². The van der Waals surface area contributed by atoms with Crippen molar-refractivity contribution in [3.8, 4) is 5.75 Å². The molecule has 1 N–H and O–H groups in total. The van der Waals surface area contributed by atoms with Crippen LogP contribution < -0.4 is 10.1 Å².